The lowest BCUT2D eigenvalue weighted by atomic mass is 9.72. The van der Waals surface area contributed by atoms with Gasteiger partial charge in [-0.2, -0.15) is 0 Å². The summed E-state index contributed by atoms with van der Waals surface area (Å²) in [6.07, 6.45) is 4.54. The second-order valence-electron chi connectivity index (χ2n) is 5.19. The van der Waals surface area contributed by atoms with Crippen LogP contribution in [0.25, 0.3) is 0 Å². The average Bonchev–Trinajstić information content (AvgIpc) is 2.38. The van der Waals surface area contributed by atoms with Gasteiger partial charge in [-0.3, -0.25) is 0 Å². The summed E-state index contributed by atoms with van der Waals surface area (Å²) in [5.74, 6) is 0.980. The smallest absolute Gasteiger partial charge is 0.122 e. The third kappa shape index (κ3) is 3.05. The van der Waals surface area contributed by atoms with E-state index in [1.165, 1.54) is 11.1 Å². The molecule has 2 N–H and O–H groups in total. The molecular formula is C16H27NO. The lowest BCUT2D eigenvalue weighted by Gasteiger charge is -2.34. The first-order valence-electron chi connectivity index (χ1n) is 6.98. The number of nitrogens with two attached hydrogens (primary N) is 1. The van der Waals surface area contributed by atoms with Gasteiger partial charge in [0.25, 0.3) is 0 Å². The molecule has 0 spiro atoms. The quantitative estimate of drug-likeness (QED) is 0.797. The van der Waals surface area contributed by atoms with Gasteiger partial charge in [-0.15, -0.1) is 0 Å². The van der Waals surface area contributed by atoms with E-state index in [0.717, 1.165) is 31.4 Å². The second kappa shape index (κ2) is 6.79. The van der Waals surface area contributed by atoms with Crippen LogP contribution >= 0.6 is 0 Å². The van der Waals surface area contributed by atoms with E-state index in [4.69, 9.17) is 10.5 Å². The molecule has 0 saturated heterocycles. The monoisotopic (exact) mass is 249 g/mol. The van der Waals surface area contributed by atoms with Gasteiger partial charge in [0.2, 0.25) is 0 Å². The predicted octanol–water partition coefficient (Wildman–Crippen LogP) is 3.80. The molecule has 0 bridgehead atoms. The van der Waals surface area contributed by atoms with E-state index in [0.29, 0.717) is 6.54 Å². The zero-order valence-electron chi connectivity index (χ0n) is 12.3. The van der Waals surface area contributed by atoms with Gasteiger partial charge in [-0.1, -0.05) is 44.4 Å². The van der Waals surface area contributed by atoms with E-state index in [1.807, 2.05) is 0 Å². The maximum absolute atomic E-state index is 6.13. The van der Waals surface area contributed by atoms with Gasteiger partial charge in [0.15, 0.2) is 0 Å². The minimum atomic E-state index is 0.0703. The zero-order valence-corrected chi connectivity index (χ0v) is 12.3. The first-order chi connectivity index (χ1) is 8.63. The van der Waals surface area contributed by atoms with Crippen molar-refractivity contribution in [2.45, 2.75) is 51.9 Å². The van der Waals surface area contributed by atoms with Crippen LogP contribution in [0.2, 0.25) is 0 Å². The Balaban J connectivity index is 3.29. The summed E-state index contributed by atoms with van der Waals surface area (Å²) >= 11 is 0. The molecule has 18 heavy (non-hydrogen) atoms. The van der Waals surface area contributed by atoms with Gasteiger partial charge in [-0.25, -0.2) is 0 Å². The molecule has 0 aromatic heterocycles. The van der Waals surface area contributed by atoms with Crippen molar-refractivity contribution in [2.24, 2.45) is 5.73 Å². The third-order valence-electron chi connectivity index (χ3n) is 3.77. The Morgan fingerprint density at radius 2 is 1.78 bits per heavy atom. The molecule has 0 heterocycles. The van der Waals surface area contributed by atoms with Crippen LogP contribution in [0, 0.1) is 6.92 Å². The highest BCUT2D eigenvalue weighted by atomic mass is 16.5. The summed E-state index contributed by atoms with van der Waals surface area (Å²) in [6, 6.07) is 6.42. The lowest BCUT2D eigenvalue weighted by Crippen LogP contribution is -2.35. The summed E-state index contributed by atoms with van der Waals surface area (Å²) in [4.78, 5) is 0. The van der Waals surface area contributed by atoms with Crippen molar-refractivity contribution in [3.05, 3.63) is 29.3 Å². The third-order valence-corrected chi connectivity index (χ3v) is 3.77. The van der Waals surface area contributed by atoms with Gasteiger partial charge in [0.1, 0.15) is 5.75 Å². The molecule has 0 amide bonds. The molecule has 2 heteroatoms. The highest BCUT2D eigenvalue weighted by Gasteiger charge is 2.31. The fourth-order valence-corrected chi connectivity index (χ4v) is 2.90. The normalized spacial score (nSPS) is 11.6. The summed E-state index contributed by atoms with van der Waals surface area (Å²) in [5, 5.41) is 0. The summed E-state index contributed by atoms with van der Waals surface area (Å²) in [7, 11) is 1.74. The molecule has 102 valence electrons. The average molecular weight is 249 g/mol. The van der Waals surface area contributed by atoms with Crippen molar-refractivity contribution in [3.63, 3.8) is 0 Å². The molecule has 0 fully saturated rings. The van der Waals surface area contributed by atoms with Gasteiger partial charge in [0, 0.05) is 17.5 Å². The van der Waals surface area contributed by atoms with Crippen molar-refractivity contribution in [1.82, 2.24) is 0 Å². The van der Waals surface area contributed by atoms with E-state index in [1.54, 1.807) is 7.11 Å². The highest BCUT2D eigenvalue weighted by molar-refractivity contribution is 5.42. The Bertz CT molecular complexity index is 367. The maximum Gasteiger partial charge on any atom is 0.122 e. The maximum atomic E-state index is 6.13. The Labute approximate surface area is 112 Å². The summed E-state index contributed by atoms with van der Waals surface area (Å²) < 4.78 is 5.55. The molecule has 0 aliphatic rings. The molecule has 0 atom stereocenters. The molecule has 0 radical (unpaired) electrons. The molecule has 2 nitrogen and oxygen atoms in total. The van der Waals surface area contributed by atoms with Crippen LogP contribution < -0.4 is 10.5 Å². The molecular weight excluding hydrogens is 222 g/mol. The molecule has 0 unspecified atom stereocenters. The van der Waals surface area contributed by atoms with Crippen LogP contribution in [0.5, 0.6) is 5.75 Å². The van der Waals surface area contributed by atoms with Crippen molar-refractivity contribution in [3.8, 4) is 5.75 Å². The first-order valence-corrected chi connectivity index (χ1v) is 6.98. The van der Waals surface area contributed by atoms with E-state index < -0.39 is 0 Å². The number of hydrogen-bond donors (Lipinski definition) is 1. The topological polar surface area (TPSA) is 35.2 Å². The summed E-state index contributed by atoms with van der Waals surface area (Å²) in [5.41, 5.74) is 8.76. The van der Waals surface area contributed by atoms with Crippen LogP contribution in [0.15, 0.2) is 18.2 Å². The summed E-state index contributed by atoms with van der Waals surface area (Å²) in [6.45, 7) is 7.27. The van der Waals surface area contributed by atoms with Crippen molar-refractivity contribution >= 4 is 0 Å². The van der Waals surface area contributed by atoms with E-state index >= 15 is 0 Å². The van der Waals surface area contributed by atoms with Crippen LogP contribution in [0.3, 0.4) is 0 Å². The van der Waals surface area contributed by atoms with E-state index in [-0.39, 0.29) is 5.41 Å². The minimum absolute atomic E-state index is 0.0703. The fraction of sp³-hybridized carbons (Fsp3) is 0.625. The molecule has 0 saturated carbocycles. The number of aryl methyl sites for hydroxylation is 1. The molecule has 1 rings (SSSR count). The van der Waals surface area contributed by atoms with Crippen LogP contribution in [0.4, 0.5) is 0 Å². The van der Waals surface area contributed by atoms with Crippen molar-refractivity contribution in [2.75, 3.05) is 13.7 Å². The Hall–Kier alpha value is -1.02. The highest BCUT2D eigenvalue weighted by Crippen LogP contribution is 2.39. The van der Waals surface area contributed by atoms with Crippen molar-refractivity contribution in [1.29, 1.82) is 0 Å². The number of rotatable bonds is 7. The SMILES string of the molecule is CCCC(CN)(CCC)c1cc(C)ccc1OC. The number of benzene rings is 1. The second-order valence-corrected chi connectivity index (χ2v) is 5.19. The van der Waals surface area contributed by atoms with Gasteiger partial charge in [0.05, 0.1) is 7.11 Å². The van der Waals surface area contributed by atoms with Crippen LogP contribution in [-0.4, -0.2) is 13.7 Å². The van der Waals surface area contributed by atoms with E-state index in [2.05, 4.69) is 39.0 Å². The first kappa shape index (κ1) is 15.0. The Kier molecular flexibility index (Phi) is 5.67. The fourth-order valence-electron chi connectivity index (χ4n) is 2.90. The van der Waals surface area contributed by atoms with Gasteiger partial charge < -0.3 is 10.5 Å². The standard InChI is InChI=1S/C16H27NO/c1-5-9-16(12-17,10-6-2)14-11-13(3)7-8-15(14)18-4/h7-8,11H,5-6,9-10,12,17H2,1-4H3. The molecule has 0 aliphatic carbocycles. The minimum Gasteiger partial charge on any atom is -0.496 e. The Morgan fingerprint density at radius 3 is 2.22 bits per heavy atom. The lowest BCUT2D eigenvalue weighted by molar-refractivity contribution is 0.337. The molecule has 1 aromatic carbocycles. The molecule has 0 aliphatic heterocycles. The zero-order chi connectivity index (χ0) is 13.6. The van der Waals surface area contributed by atoms with Gasteiger partial charge in [-0.05, 0) is 25.8 Å². The Morgan fingerprint density at radius 1 is 1.17 bits per heavy atom. The molecule has 1 aromatic rings. The predicted molar refractivity (Wildman–Crippen MR) is 78.3 cm³/mol. The van der Waals surface area contributed by atoms with E-state index in [9.17, 15) is 0 Å². The number of ether oxygens (including phenoxy) is 1. The van der Waals surface area contributed by atoms with Gasteiger partial charge >= 0.3 is 0 Å². The number of hydrogen-bond acceptors (Lipinski definition) is 2. The van der Waals surface area contributed by atoms with Crippen LogP contribution in [-0.2, 0) is 5.41 Å². The van der Waals surface area contributed by atoms with Crippen LogP contribution in [0.1, 0.15) is 50.7 Å². The largest absolute Gasteiger partial charge is 0.496 e. The van der Waals surface area contributed by atoms with Crippen molar-refractivity contribution < 1.29 is 4.74 Å². The number of methoxy groups -OCH3 is 1.